The van der Waals surface area contributed by atoms with Crippen LogP contribution in [-0.4, -0.2) is 33.5 Å². The molecule has 0 N–H and O–H groups in total. The fraction of sp³-hybridized carbons (Fsp3) is 0.917. The van der Waals surface area contributed by atoms with Crippen molar-refractivity contribution in [2.75, 3.05) is 18.1 Å². The van der Waals surface area contributed by atoms with Crippen LogP contribution in [0.5, 0.6) is 0 Å². The predicted molar refractivity (Wildman–Crippen MR) is 84.4 cm³/mol. The van der Waals surface area contributed by atoms with Crippen LogP contribution in [0.2, 0.25) is 0 Å². The number of rotatable bonds is 10. The van der Waals surface area contributed by atoms with Crippen molar-refractivity contribution in [1.82, 2.24) is 5.06 Å². The molecule has 0 aliphatic carbocycles. The van der Waals surface area contributed by atoms with E-state index in [2.05, 4.69) is 6.92 Å². The fourth-order valence-corrected chi connectivity index (χ4v) is 2.50. The first-order valence-corrected chi connectivity index (χ1v) is 8.28. The topological polar surface area (TPSA) is 12.5 Å². The first kappa shape index (κ1) is 22.3. The Morgan fingerprint density at radius 3 is 2.44 bits per heavy atom. The van der Waals surface area contributed by atoms with E-state index in [4.69, 9.17) is 29.7 Å². The molecule has 0 heterocycles. The molecule has 0 aromatic carbocycles. The van der Waals surface area contributed by atoms with Gasteiger partial charge in [-0.3, -0.25) is 9.90 Å². The Balaban J connectivity index is 0. The molecular weight excluding hydrogens is 309 g/mol. The number of hydroxylamine groups is 2. The molecule has 0 aromatic heterocycles. The maximum absolute atomic E-state index is 5.53. The van der Waals surface area contributed by atoms with Gasteiger partial charge >= 0.3 is 51.4 Å². The van der Waals surface area contributed by atoms with E-state index < -0.39 is 0 Å². The van der Waals surface area contributed by atoms with E-state index in [1.807, 2.05) is 25.6 Å². The van der Waals surface area contributed by atoms with Crippen molar-refractivity contribution in [3.8, 4) is 0 Å². The van der Waals surface area contributed by atoms with Crippen LogP contribution in [0.25, 0.3) is 0 Å². The van der Waals surface area contributed by atoms with Gasteiger partial charge in [0.15, 0.2) is 0 Å². The van der Waals surface area contributed by atoms with Crippen LogP contribution in [0.4, 0.5) is 0 Å². The van der Waals surface area contributed by atoms with Crippen LogP contribution in [0.1, 0.15) is 46.5 Å². The molecule has 0 spiro atoms. The average molecular weight is 334 g/mol. The molecule has 0 aromatic rings. The molecule has 0 radical (unpaired) electrons. The largest absolute Gasteiger partial charge is 1.00 e. The minimum atomic E-state index is 0. The monoisotopic (exact) mass is 333 g/mol. The molecule has 0 bridgehead atoms. The van der Waals surface area contributed by atoms with Crippen molar-refractivity contribution in [1.29, 1.82) is 0 Å². The van der Waals surface area contributed by atoms with Crippen LogP contribution in [0.15, 0.2) is 0 Å². The second kappa shape index (κ2) is 15.4. The maximum atomic E-state index is 5.53. The minimum absolute atomic E-state index is 0. The summed E-state index contributed by atoms with van der Waals surface area (Å²) in [5.41, 5.74) is 0. The summed E-state index contributed by atoms with van der Waals surface area (Å²) in [6, 6.07) is 0. The zero-order valence-corrected chi connectivity index (χ0v) is 17.7. The summed E-state index contributed by atoms with van der Waals surface area (Å²) in [4.78, 5) is 5.53. The summed E-state index contributed by atoms with van der Waals surface area (Å²) < 4.78 is 0.408. The molecule has 18 heavy (non-hydrogen) atoms. The third-order valence-corrected chi connectivity index (χ3v) is 3.58. The van der Waals surface area contributed by atoms with E-state index in [-0.39, 0.29) is 57.5 Å². The molecule has 0 saturated carbocycles. The van der Waals surface area contributed by atoms with Crippen molar-refractivity contribution >= 4 is 40.9 Å². The Labute approximate surface area is 170 Å². The first-order chi connectivity index (χ1) is 8.07. The average Bonchev–Trinajstić information content (AvgIpc) is 2.25. The number of hydrogen-bond acceptors (Lipinski definition) is 4. The van der Waals surface area contributed by atoms with Gasteiger partial charge in [-0.05, 0) is 30.3 Å². The Kier molecular flexibility index (Phi) is 19.2. The normalized spacial score (nSPS) is 10.2. The Bertz CT molecular complexity index is 206. The van der Waals surface area contributed by atoms with Crippen molar-refractivity contribution in [2.45, 2.75) is 52.6 Å². The van der Waals surface area contributed by atoms with Crippen LogP contribution in [0, 0.1) is 0 Å². The third kappa shape index (κ3) is 14.5. The molecule has 0 aliphatic rings. The van der Waals surface area contributed by atoms with E-state index in [1.54, 1.807) is 5.06 Å². The number of hydrogen-bond donors (Lipinski definition) is 0. The van der Waals surface area contributed by atoms with Gasteiger partial charge in [-0.25, -0.2) is 0 Å². The summed E-state index contributed by atoms with van der Waals surface area (Å²) in [5, 5.41) is 1.66. The summed E-state index contributed by atoms with van der Waals surface area (Å²) in [6.45, 7) is 6.99. The van der Waals surface area contributed by atoms with Crippen molar-refractivity contribution in [3.63, 3.8) is 0 Å². The standard InChI is InChI=1S/C12H25NOS3.K/c1-4-5-6-7-9-17-10-8-13(12(15)16)14-11(2)3;/h11H,4-10H2,1-3H3,(H,15,16);/q;+1/p-1. The molecular formula is C12H24KNOS3. The molecule has 0 aliphatic heterocycles. The second-order valence-corrected chi connectivity index (χ2v) is 6.45. The summed E-state index contributed by atoms with van der Waals surface area (Å²) in [6.07, 6.45) is 5.42. The van der Waals surface area contributed by atoms with E-state index >= 15 is 0 Å². The van der Waals surface area contributed by atoms with Crippen LogP contribution < -0.4 is 51.4 Å². The van der Waals surface area contributed by atoms with Gasteiger partial charge in [0.1, 0.15) is 0 Å². The molecule has 6 heteroatoms. The van der Waals surface area contributed by atoms with Gasteiger partial charge in [-0.2, -0.15) is 11.8 Å². The maximum Gasteiger partial charge on any atom is 1.00 e. The molecule has 0 atom stereocenters. The first-order valence-electron chi connectivity index (χ1n) is 6.31. The summed E-state index contributed by atoms with van der Waals surface area (Å²) in [7, 11) is 0. The summed E-state index contributed by atoms with van der Waals surface area (Å²) in [5.74, 6) is 2.25. The summed E-state index contributed by atoms with van der Waals surface area (Å²) >= 11 is 11.9. The zero-order valence-electron chi connectivity index (χ0n) is 12.1. The van der Waals surface area contributed by atoms with E-state index in [1.165, 1.54) is 31.4 Å². The van der Waals surface area contributed by atoms with E-state index in [9.17, 15) is 0 Å². The van der Waals surface area contributed by atoms with E-state index in [0.717, 1.165) is 12.3 Å². The second-order valence-electron chi connectivity index (χ2n) is 4.20. The number of unbranched alkanes of at least 4 members (excludes halogenated alkanes) is 3. The Hall–Kier alpha value is 2.06. The fourth-order valence-electron chi connectivity index (χ4n) is 1.32. The molecule has 2 nitrogen and oxygen atoms in total. The number of thiocarbonyl (C=S) groups is 1. The van der Waals surface area contributed by atoms with Gasteiger partial charge < -0.3 is 24.8 Å². The molecule has 0 fully saturated rings. The Morgan fingerprint density at radius 1 is 1.28 bits per heavy atom. The molecule has 0 amide bonds. The molecule has 0 saturated heterocycles. The van der Waals surface area contributed by atoms with Gasteiger partial charge in [-0.15, -0.1) is 0 Å². The van der Waals surface area contributed by atoms with E-state index in [0.29, 0.717) is 4.32 Å². The van der Waals surface area contributed by atoms with Gasteiger partial charge in [0.05, 0.1) is 12.6 Å². The van der Waals surface area contributed by atoms with Crippen molar-refractivity contribution < 1.29 is 56.2 Å². The van der Waals surface area contributed by atoms with Gasteiger partial charge in [0, 0.05) is 5.75 Å². The van der Waals surface area contributed by atoms with Gasteiger partial charge in [0.25, 0.3) is 0 Å². The van der Waals surface area contributed by atoms with Crippen LogP contribution >= 0.6 is 24.0 Å². The smallest absolute Gasteiger partial charge is 0.409 e. The number of thioether (sulfide) groups is 1. The minimum Gasteiger partial charge on any atom is -0.409 e. The molecule has 0 unspecified atom stereocenters. The van der Waals surface area contributed by atoms with Crippen molar-refractivity contribution in [2.24, 2.45) is 0 Å². The SMILES string of the molecule is CCCCCCSCCN(OC(C)C)C(=S)[S-].[K+]. The van der Waals surface area contributed by atoms with Crippen LogP contribution in [-0.2, 0) is 17.5 Å². The Morgan fingerprint density at radius 2 is 1.94 bits per heavy atom. The quantitative estimate of drug-likeness (QED) is 0.192. The van der Waals surface area contributed by atoms with Crippen molar-refractivity contribution in [3.05, 3.63) is 0 Å². The van der Waals surface area contributed by atoms with Gasteiger partial charge in [0.2, 0.25) is 0 Å². The molecule has 102 valence electrons. The third-order valence-electron chi connectivity index (χ3n) is 2.12. The number of nitrogens with zero attached hydrogens (tertiary/aromatic N) is 1. The zero-order chi connectivity index (χ0) is 13.1. The molecule has 0 rings (SSSR count). The van der Waals surface area contributed by atoms with Gasteiger partial charge in [-0.1, -0.05) is 26.2 Å². The van der Waals surface area contributed by atoms with Crippen LogP contribution in [0.3, 0.4) is 0 Å². The predicted octanol–water partition coefficient (Wildman–Crippen LogP) is 0.778.